The van der Waals surface area contributed by atoms with Crippen LogP contribution in [-0.4, -0.2) is 21.7 Å². The Labute approximate surface area is 126 Å². The fourth-order valence-electron chi connectivity index (χ4n) is 2.78. The highest BCUT2D eigenvalue weighted by Crippen LogP contribution is 2.43. The number of nitrogens with two attached hydrogens (primary N) is 1. The van der Waals surface area contributed by atoms with Crippen LogP contribution in [0.25, 0.3) is 0 Å². The van der Waals surface area contributed by atoms with E-state index in [2.05, 4.69) is 4.99 Å². The van der Waals surface area contributed by atoms with Gasteiger partial charge < -0.3 is 5.73 Å². The summed E-state index contributed by atoms with van der Waals surface area (Å²) in [5, 5.41) is 0.792. The highest BCUT2D eigenvalue weighted by molar-refractivity contribution is 8.15. The van der Waals surface area contributed by atoms with Gasteiger partial charge in [-0.05, 0) is 23.8 Å². The molecule has 2 aliphatic rings. The first kappa shape index (κ1) is 12.5. The average molecular weight is 295 g/mol. The fraction of sp³-hybridized carbons (Fsp3) is 0.125. The van der Waals surface area contributed by atoms with Crippen LogP contribution in [0.4, 0.5) is 11.4 Å². The molecule has 1 fully saturated rings. The van der Waals surface area contributed by atoms with E-state index in [1.165, 1.54) is 11.8 Å². The largest absolute Gasteiger partial charge is 0.399 e. The number of amides is 1. The summed E-state index contributed by atoms with van der Waals surface area (Å²) < 4.78 is 0. The highest BCUT2D eigenvalue weighted by atomic mass is 32.2. The Morgan fingerprint density at radius 2 is 1.90 bits per heavy atom. The Hall–Kier alpha value is -2.27. The molecule has 0 radical (unpaired) electrons. The van der Waals surface area contributed by atoms with Crippen LogP contribution in [0.5, 0.6) is 0 Å². The first-order valence-corrected chi connectivity index (χ1v) is 7.70. The first-order valence-electron chi connectivity index (χ1n) is 6.72. The van der Waals surface area contributed by atoms with Gasteiger partial charge in [0.05, 0.1) is 17.5 Å². The number of hydrogen-bond acceptors (Lipinski definition) is 4. The molecule has 2 aliphatic heterocycles. The van der Waals surface area contributed by atoms with Gasteiger partial charge in [0.25, 0.3) is 0 Å². The number of rotatable bonds is 1. The lowest BCUT2D eigenvalue weighted by Gasteiger charge is -2.32. The quantitative estimate of drug-likeness (QED) is 0.823. The molecule has 1 atom stereocenters. The van der Waals surface area contributed by atoms with E-state index in [0.29, 0.717) is 5.75 Å². The molecule has 0 bridgehead atoms. The smallest absolute Gasteiger partial charge is 0.239 e. The number of nitrogen functional groups attached to an aromatic ring is 1. The lowest BCUT2D eigenvalue weighted by atomic mass is 9.94. The summed E-state index contributed by atoms with van der Waals surface area (Å²) in [7, 11) is 0. The third-order valence-corrected chi connectivity index (χ3v) is 4.69. The molecule has 0 saturated carbocycles. The van der Waals surface area contributed by atoms with E-state index in [4.69, 9.17) is 5.73 Å². The highest BCUT2D eigenvalue weighted by Gasteiger charge is 2.39. The van der Waals surface area contributed by atoms with Crippen LogP contribution >= 0.6 is 11.8 Å². The molecule has 0 aromatic heterocycles. The van der Waals surface area contributed by atoms with Crippen molar-refractivity contribution in [2.75, 3.05) is 11.5 Å². The zero-order valence-electron chi connectivity index (χ0n) is 11.2. The number of nitrogens with zero attached hydrogens (tertiary/aromatic N) is 2. The predicted molar refractivity (Wildman–Crippen MR) is 85.5 cm³/mol. The van der Waals surface area contributed by atoms with Crippen molar-refractivity contribution in [2.24, 2.45) is 4.99 Å². The van der Waals surface area contributed by atoms with Gasteiger partial charge in [0.15, 0.2) is 5.17 Å². The van der Waals surface area contributed by atoms with Gasteiger partial charge in [-0.1, -0.05) is 42.1 Å². The van der Waals surface area contributed by atoms with E-state index < -0.39 is 0 Å². The van der Waals surface area contributed by atoms with Crippen LogP contribution in [0, 0.1) is 0 Å². The number of amidine groups is 1. The molecule has 2 N–H and O–H groups in total. The van der Waals surface area contributed by atoms with E-state index in [1.54, 1.807) is 4.90 Å². The van der Waals surface area contributed by atoms with Crippen molar-refractivity contribution < 1.29 is 4.79 Å². The monoisotopic (exact) mass is 295 g/mol. The number of anilines is 1. The summed E-state index contributed by atoms with van der Waals surface area (Å²) in [4.78, 5) is 18.7. The van der Waals surface area contributed by atoms with Gasteiger partial charge in [0.2, 0.25) is 5.91 Å². The molecule has 104 valence electrons. The summed E-state index contributed by atoms with van der Waals surface area (Å²) in [6.07, 6.45) is 0. The molecule has 4 rings (SSSR count). The molecule has 4 nitrogen and oxygen atoms in total. The maximum absolute atomic E-state index is 12.3. The SMILES string of the molecule is Nc1ccc(C2c3ccccc3N=C3SCC(=O)N32)cc1. The number of carbonyl (C=O) groups excluding carboxylic acids is 1. The molecular formula is C16H13N3OS. The number of para-hydroxylation sites is 1. The van der Waals surface area contributed by atoms with Gasteiger partial charge in [-0.3, -0.25) is 9.69 Å². The van der Waals surface area contributed by atoms with Gasteiger partial charge in [0, 0.05) is 11.3 Å². The zero-order chi connectivity index (χ0) is 14.4. The van der Waals surface area contributed by atoms with E-state index >= 15 is 0 Å². The van der Waals surface area contributed by atoms with Crippen LogP contribution in [0.1, 0.15) is 17.2 Å². The summed E-state index contributed by atoms with van der Waals surface area (Å²) in [6.45, 7) is 0. The Morgan fingerprint density at radius 1 is 1.14 bits per heavy atom. The molecule has 21 heavy (non-hydrogen) atoms. The molecule has 0 aliphatic carbocycles. The first-order chi connectivity index (χ1) is 10.2. The van der Waals surface area contributed by atoms with Crippen molar-refractivity contribution in [1.82, 2.24) is 4.90 Å². The minimum atomic E-state index is -0.114. The second kappa shape index (κ2) is 4.63. The Bertz CT molecular complexity index is 754. The number of fused-ring (bicyclic) bond motifs is 2. The second-order valence-corrected chi connectivity index (χ2v) is 6.02. The van der Waals surface area contributed by atoms with E-state index in [9.17, 15) is 4.79 Å². The van der Waals surface area contributed by atoms with Gasteiger partial charge >= 0.3 is 0 Å². The lowest BCUT2D eigenvalue weighted by molar-refractivity contribution is -0.125. The van der Waals surface area contributed by atoms with Crippen LogP contribution in [0.2, 0.25) is 0 Å². The van der Waals surface area contributed by atoms with Crippen molar-refractivity contribution in [2.45, 2.75) is 6.04 Å². The molecule has 2 aromatic rings. The molecule has 0 spiro atoms. The molecule has 2 aromatic carbocycles. The number of benzene rings is 2. The zero-order valence-corrected chi connectivity index (χ0v) is 12.0. The third kappa shape index (κ3) is 1.93. The Morgan fingerprint density at radius 3 is 2.71 bits per heavy atom. The molecule has 2 heterocycles. The maximum atomic E-state index is 12.3. The molecule has 1 saturated heterocycles. The van der Waals surface area contributed by atoms with E-state index in [-0.39, 0.29) is 11.9 Å². The number of carbonyl (C=O) groups is 1. The summed E-state index contributed by atoms with van der Waals surface area (Å²) in [5.74, 6) is 0.563. The molecular weight excluding hydrogens is 282 g/mol. The summed E-state index contributed by atoms with van der Waals surface area (Å²) >= 11 is 1.50. The predicted octanol–water partition coefficient (Wildman–Crippen LogP) is 2.93. The lowest BCUT2D eigenvalue weighted by Crippen LogP contribution is -2.36. The van der Waals surface area contributed by atoms with Crippen molar-refractivity contribution in [3.05, 3.63) is 59.7 Å². The Kier molecular flexibility index (Phi) is 2.75. The van der Waals surface area contributed by atoms with E-state index in [1.807, 2.05) is 48.5 Å². The van der Waals surface area contributed by atoms with Crippen LogP contribution in [-0.2, 0) is 4.79 Å². The standard InChI is InChI=1S/C16H13N3OS/c17-11-7-5-10(6-8-11)15-12-3-1-2-4-13(12)18-16-19(15)14(20)9-21-16/h1-8,15H,9,17H2. The Balaban J connectivity index is 1.91. The summed E-state index contributed by atoms with van der Waals surface area (Å²) in [6, 6.07) is 15.6. The van der Waals surface area contributed by atoms with Gasteiger partial charge in [0.1, 0.15) is 0 Å². The molecule has 1 amide bonds. The van der Waals surface area contributed by atoms with Crippen LogP contribution in [0.15, 0.2) is 53.5 Å². The molecule has 1 unspecified atom stereocenters. The van der Waals surface area contributed by atoms with Crippen molar-refractivity contribution >= 4 is 34.2 Å². The third-order valence-electron chi connectivity index (χ3n) is 3.76. The fourth-order valence-corrected chi connectivity index (χ4v) is 3.68. The van der Waals surface area contributed by atoms with Crippen molar-refractivity contribution in [3.63, 3.8) is 0 Å². The average Bonchev–Trinajstić information content (AvgIpc) is 2.87. The minimum absolute atomic E-state index is 0.107. The number of hydrogen-bond donors (Lipinski definition) is 1. The second-order valence-electron chi connectivity index (χ2n) is 5.07. The number of thioether (sulfide) groups is 1. The van der Waals surface area contributed by atoms with E-state index in [0.717, 1.165) is 27.7 Å². The minimum Gasteiger partial charge on any atom is -0.399 e. The normalized spacial score (nSPS) is 20.0. The van der Waals surface area contributed by atoms with Crippen LogP contribution in [0.3, 0.4) is 0 Å². The van der Waals surface area contributed by atoms with Crippen molar-refractivity contribution in [1.29, 1.82) is 0 Å². The summed E-state index contributed by atoms with van der Waals surface area (Å²) in [5.41, 5.74) is 9.55. The number of aliphatic imine (C=N–C) groups is 1. The van der Waals surface area contributed by atoms with Gasteiger partial charge in [-0.25, -0.2) is 4.99 Å². The maximum Gasteiger partial charge on any atom is 0.239 e. The molecule has 5 heteroatoms. The van der Waals surface area contributed by atoms with Crippen molar-refractivity contribution in [3.8, 4) is 0 Å². The topological polar surface area (TPSA) is 58.7 Å². The van der Waals surface area contributed by atoms with Gasteiger partial charge in [-0.2, -0.15) is 0 Å². The van der Waals surface area contributed by atoms with Crippen LogP contribution < -0.4 is 5.73 Å². The van der Waals surface area contributed by atoms with Gasteiger partial charge in [-0.15, -0.1) is 0 Å².